The molecule has 0 unspecified atom stereocenters. The smallest absolute Gasteiger partial charge is 0.348 e. The molecule has 2 aromatic heterocycles. The highest BCUT2D eigenvalue weighted by Gasteiger charge is 2.26. The number of carbonyl (C=O) groups is 2. The number of ether oxygens (including phenoxy) is 2. The molecule has 10 heteroatoms. The SMILES string of the molecule is COC(=O)c1sc(NC(=S)Nc2ccn(Cc3ccccc3)n2)c(C(=O)OC)c1C. The van der Waals surface area contributed by atoms with Crippen LogP contribution in [0.25, 0.3) is 0 Å². The van der Waals surface area contributed by atoms with Crippen molar-refractivity contribution in [1.82, 2.24) is 9.78 Å². The van der Waals surface area contributed by atoms with Gasteiger partial charge in [0.05, 0.1) is 26.3 Å². The third-order valence-corrected chi connectivity index (χ3v) is 5.60. The molecule has 0 aliphatic rings. The van der Waals surface area contributed by atoms with Gasteiger partial charge in [-0.15, -0.1) is 11.3 Å². The first-order valence-corrected chi connectivity index (χ1v) is 10.1. The van der Waals surface area contributed by atoms with Crippen LogP contribution in [0.15, 0.2) is 42.6 Å². The molecule has 0 atom stereocenters. The summed E-state index contributed by atoms with van der Waals surface area (Å²) in [4.78, 5) is 24.5. The maximum atomic E-state index is 12.2. The Balaban J connectivity index is 1.73. The first-order chi connectivity index (χ1) is 14.4. The van der Waals surface area contributed by atoms with E-state index in [0.29, 0.717) is 27.8 Å². The third-order valence-electron chi connectivity index (χ3n) is 4.20. The van der Waals surface area contributed by atoms with Gasteiger partial charge in [0.1, 0.15) is 9.88 Å². The van der Waals surface area contributed by atoms with Gasteiger partial charge in [-0.05, 0) is 30.3 Å². The second-order valence-electron chi connectivity index (χ2n) is 6.21. The van der Waals surface area contributed by atoms with E-state index in [-0.39, 0.29) is 10.7 Å². The molecule has 0 saturated carbocycles. The van der Waals surface area contributed by atoms with Gasteiger partial charge in [0.2, 0.25) is 0 Å². The topological polar surface area (TPSA) is 94.5 Å². The Kier molecular flexibility index (Phi) is 6.80. The van der Waals surface area contributed by atoms with Crippen LogP contribution in [0.5, 0.6) is 0 Å². The van der Waals surface area contributed by atoms with Gasteiger partial charge >= 0.3 is 11.9 Å². The molecule has 3 rings (SSSR count). The van der Waals surface area contributed by atoms with Crippen LogP contribution in [-0.4, -0.2) is 41.1 Å². The van der Waals surface area contributed by atoms with E-state index >= 15 is 0 Å². The largest absolute Gasteiger partial charge is 0.465 e. The molecule has 2 N–H and O–H groups in total. The lowest BCUT2D eigenvalue weighted by Gasteiger charge is -2.09. The monoisotopic (exact) mass is 444 g/mol. The maximum Gasteiger partial charge on any atom is 0.348 e. The van der Waals surface area contributed by atoms with Crippen molar-refractivity contribution in [2.24, 2.45) is 0 Å². The lowest BCUT2D eigenvalue weighted by molar-refractivity contribution is 0.0601. The molecule has 156 valence electrons. The van der Waals surface area contributed by atoms with E-state index in [1.165, 1.54) is 14.2 Å². The van der Waals surface area contributed by atoms with Crippen molar-refractivity contribution in [2.45, 2.75) is 13.5 Å². The van der Waals surface area contributed by atoms with Crippen LogP contribution in [0.3, 0.4) is 0 Å². The number of esters is 2. The van der Waals surface area contributed by atoms with Crippen LogP contribution in [0.1, 0.15) is 31.2 Å². The van der Waals surface area contributed by atoms with Gasteiger partial charge in [0.25, 0.3) is 0 Å². The number of thiophene rings is 1. The number of nitrogens with zero attached hydrogens (tertiary/aromatic N) is 2. The Morgan fingerprint density at radius 2 is 1.80 bits per heavy atom. The molecule has 0 saturated heterocycles. The van der Waals surface area contributed by atoms with Crippen molar-refractivity contribution < 1.29 is 19.1 Å². The number of benzene rings is 1. The van der Waals surface area contributed by atoms with E-state index in [1.807, 2.05) is 36.5 Å². The predicted octanol–water partition coefficient (Wildman–Crippen LogP) is 3.68. The molecule has 0 amide bonds. The van der Waals surface area contributed by atoms with E-state index in [1.54, 1.807) is 17.7 Å². The first kappa shape index (κ1) is 21.5. The van der Waals surface area contributed by atoms with E-state index < -0.39 is 11.9 Å². The third kappa shape index (κ3) is 4.84. The summed E-state index contributed by atoms with van der Waals surface area (Å²) in [6, 6.07) is 11.7. The highest BCUT2D eigenvalue weighted by atomic mass is 32.1. The van der Waals surface area contributed by atoms with Crippen LogP contribution in [0.4, 0.5) is 10.8 Å². The number of methoxy groups -OCH3 is 2. The molecule has 0 fully saturated rings. The number of nitrogens with one attached hydrogen (secondary N) is 2. The molecule has 2 heterocycles. The normalized spacial score (nSPS) is 10.4. The summed E-state index contributed by atoms with van der Waals surface area (Å²) < 4.78 is 11.4. The molecule has 0 radical (unpaired) electrons. The Labute approximate surface area is 182 Å². The predicted molar refractivity (Wildman–Crippen MR) is 119 cm³/mol. The number of anilines is 2. The minimum absolute atomic E-state index is 0.225. The van der Waals surface area contributed by atoms with Gasteiger partial charge in [0, 0.05) is 12.3 Å². The number of hydrogen-bond acceptors (Lipinski definition) is 7. The van der Waals surface area contributed by atoms with Crippen molar-refractivity contribution in [3.8, 4) is 0 Å². The molecule has 30 heavy (non-hydrogen) atoms. The average Bonchev–Trinajstić information content (AvgIpc) is 3.31. The summed E-state index contributed by atoms with van der Waals surface area (Å²) >= 11 is 6.42. The van der Waals surface area contributed by atoms with Gasteiger partial charge in [-0.1, -0.05) is 30.3 Å². The van der Waals surface area contributed by atoms with Crippen molar-refractivity contribution in [3.05, 3.63) is 64.2 Å². The summed E-state index contributed by atoms with van der Waals surface area (Å²) in [6.45, 7) is 2.28. The van der Waals surface area contributed by atoms with Gasteiger partial charge in [-0.25, -0.2) is 9.59 Å². The molecule has 0 spiro atoms. The Hall–Kier alpha value is -3.24. The maximum absolute atomic E-state index is 12.2. The second kappa shape index (κ2) is 9.51. The average molecular weight is 445 g/mol. The summed E-state index contributed by atoms with van der Waals surface area (Å²) in [5, 5.41) is 11.0. The number of rotatable bonds is 6. The summed E-state index contributed by atoms with van der Waals surface area (Å²) in [7, 11) is 2.56. The van der Waals surface area contributed by atoms with Crippen molar-refractivity contribution in [3.63, 3.8) is 0 Å². The highest BCUT2D eigenvalue weighted by molar-refractivity contribution is 7.80. The van der Waals surface area contributed by atoms with E-state index in [9.17, 15) is 9.59 Å². The molecule has 1 aromatic carbocycles. The quantitative estimate of drug-likeness (QED) is 0.439. The Morgan fingerprint density at radius 1 is 1.10 bits per heavy atom. The highest BCUT2D eigenvalue weighted by Crippen LogP contribution is 2.34. The van der Waals surface area contributed by atoms with Crippen LogP contribution in [-0.2, 0) is 16.0 Å². The van der Waals surface area contributed by atoms with Crippen LogP contribution >= 0.6 is 23.6 Å². The molecule has 0 bridgehead atoms. The number of thiocarbonyl (C=S) groups is 1. The van der Waals surface area contributed by atoms with Gasteiger partial charge in [-0.3, -0.25) is 4.68 Å². The Morgan fingerprint density at radius 3 is 2.47 bits per heavy atom. The van der Waals surface area contributed by atoms with Gasteiger partial charge in [-0.2, -0.15) is 5.10 Å². The summed E-state index contributed by atoms with van der Waals surface area (Å²) in [6.07, 6.45) is 1.84. The zero-order valence-corrected chi connectivity index (χ0v) is 18.2. The van der Waals surface area contributed by atoms with Gasteiger partial charge in [0.15, 0.2) is 10.9 Å². The lowest BCUT2D eigenvalue weighted by Crippen LogP contribution is -2.20. The van der Waals surface area contributed by atoms with Crippen LogP contribution in [0.2, 0.25) is 0 Å². The number of hydrogen-bond donors (Lipinski definition) is 2. The summed E-state index contributed by atoms with van der Waals surface area (Å²) in [5.74, 6) is -0.560. The minimum Gasteiger partial charge on any atom is -0.465 e. The molecular weight excluding hydrogens is 424 g/mol. The molecule has 8 nitrogen and oxygen atoms in total. The molecule has 0 aliphatic heterocycles. The fourth-order valence-corrected chi connectivity index (χ4v) is 4.16. The minimum atomic E-state index is -0.573. The van der Waals surface area contributed by atoms with Crippen molar-refractivity contribution in [1.29, 1.82) is 0 Å². The van der Waals surface area contributed by atoms with Crippen LogP contribution < -0.4 is 10.6 Å². The molecule has 0 aliphatic carbocycles. The van der Waals surface area contributed by atoms with Gasteiger partial charge < -0.3 is 20.1 Å². The fourth-order valence-electron chi connectivity index (χ4n) is 2.77. The first-order valence-electron chi connectivity index (χ1n) is 8.88. The summed E-state index contributed by atoms with van der Waals surface area (Å²) in [5.41, 5.74) is 1.83. The van der Waals surface area contributed by atoms with Crippen LogP contribution in [0, 0.1) is 6.92 Å². The fraction of sp³-hybridized carbons (Fsp3) is 0.200. The molecular formula is C20H20N4O4S2. The standard InChI is InChI=1S/C20H20N4O4S2/c1-12-15(18(25)27-2)17(30-16(12)19(26)28-3)22-20(29)21-14-9-10-24(23-14)11-13-7-5-4-6-8-13/h4-10H,11H2,1-3H3,(H2,21,22,23,29). The van der Waals surface area contributed by atoms with Crippen molar-refractivity contribution in [2.75, 3.05) is 24.9 Å². The lowest BCUT2D eigenvalue weighted by atomic mass is 10.1. The molecule has 3 aromatic rings. The zero-order chi connectivity index (χ0) is 21.7. The Bertz CT molecular complexity index is 1080. The van der Waals surface area contributed by atoms with E-state index in [4.69, 9.17) is 21.7 Å². The second-order valence-corrected chi connectivity index (χ2v) is 7.64. The number of aromatic nitrogens is 2. The van der Waals surface area contributed by atoms with E-state index in [2.05, 4.69) is 15.7 Å². The number of carbonyl (C=O) groups excluding carboxylic acids is 2. The van der Waals surface area contributed by atoms with Crippen molar-refractivity contribution >= 4 is 51.4 Å². The zero-order valence-electron chi connectivity index (χ0n) is 16.6. The van der Waals surface area contributed by atoms with E-state index in [0.717, 1.165) is 16.9 Å².